The summed E-state index contributed by atoms with van der Waals surface area (Å²) in [5.41, 5.74) is 0. The molecule has 0 aromatic carbocycles. The van der Waals surface area contributed by atoms with Gasteiger partial charge in [-0.2, -0.15) is 0 Å². The Kier molecular flexibility index (Phi) is 8.44. The maximum absolute atomic E-state index is 9.59. The molecule has 0 heterocycles. The Morgan fingerprint density at radius 3 is 2.29 bits per heavy atom. The van der Waals surface area contributed by atoms with Crippen molar-refractivity contribution < 1.29 is 17.2 Å². The van der Waals surface area contributed by atoms with Gasteiger partial charge in [0, 0.05) is 6.92 Å². The van der Waals surface area contributed by atoms with Crippen LogP contribution in [0.25, 0.3) is 0 Å². The maximum atomic E-state index is 9.59. The van der Waals surface area contributed by atoms with Crippen LogP contribution in [0.5, 0.6) is 0 Å². The number of carbonyl (C=O) groups excluding carboxylic acids is 2. The molecule has 0 saturated carbocycles. The summed E-state index contributed by atoms with van der Waals surface area (Å²) in [5, 5.41) is 0. The zero-order valence-corrected chi connectivity index (χ0v) is 5.42. The average Bonchev–Trinajstić information content (AvgIpc) is 1.35. The van der Waals surface area contributed by atoms with Crippen molar-refractivity contribution in [3.05, 3.63) is 0 Å². The first-order valence-electron chi connectivity index (χ1n) is 1.38. The van der Waals surface area contributed by atoms with E-state index in [-0.39, 0.29) is 32.4 Å². The Morgan fingerprint density at radius 1 is 1.86 bits per heavy atom. The predicted molar refractivity (Wildman–Crippen MR) is 25.8 cm³/mol. The van der Waals surface area contributed by atoms with Crippen molar-refractivity contribution >= 4 is 35.5 Å². The predicted octanol–water partition coefficient (Wildman–Crippen LogP) is -0.450. The van der Waals surface area contributed by atoms with E-state index in [4.69, 9.17) is 0 Å². The molecule has 0 aromatic rings. The van der Waals surface area contributed by atoms with E-state index >= 15 is 0 Å². The summed E-state index contributed by atoms with van der Waals surface area (Å²) in [6, 6.07) is 0. The Morgan fingerprint density at radius 2 is 2.29 bits per heavy atom. The zero-order valence-electron chi connectivity index (χ0n) is 6.01. The number of rotatable bonds is 1. The molecule has 0 aliphatic heterocycles. The molecule has 4 heteroatoms. The molecule has 0 atom stereocenters. The molecule has 0 aliphatic carbocycles. The van der Waals surface area contributed by atoms with E-state index < -0.39 is 5.97 Å². The zero-order chi connectivity index (χ0) is 4.99. The molecule has 38 valence electrons. The van der Waals surface area contributed by atoms with Gasteiger partial charge in [0.2, 0.25) is 0 Å². The third kappa shape index (κ3) is 10.7. The van der Waals surface area contributed by atoms with E-state index in [2.05, 4.69) is 4.74 Å². The van der Waals surface area contributed by atoms with Gasteiger partial charge in [0.05, 0.1) is 0 Å². The summed E-state index contributed by atoms with van der Waals surface area (Å²) in [7, 11) is 0. The first-order chi connectivity index (χ1) is 2.77. The fraction of sp³-hybridized carbons (Fsp3) is 0.333. The topological polar surface area (TPSA) is 43.4 Å². The van der Waals surface area contributed by atoms with Crippen LogP contribution < -0.4 is 0 Å². The van der Waals surface area contributed by atoms with Crippen molar-refractivity contribution in [2.75, 3.05) is 0 Å². The van der Waals surface area contributed by atoms with Gasteiger partial charge in [-0.3, -0.25) is 9.59 Å². The monoisotopic (exact) mass is 114 g/mol. The van der Waals surface area contributed by atoms with Crippen LogP contribution in [-0.2, 0) is 14.3 Å². The normalized spacial score (nSPS) is 5.86. The van der Waals surface area contributed by atoms with Crippen molar-refractivity contribution in [1.29, 1.82) is 0 Å². The molecule has 0 spiro atoms. The van der Waals surface area contributed by atoms with Crippen molar-refractivity contribution in [2.24, 2.45) is 0 Å². The number of ether oxygens (including phenoxy) is 1. The molecule has 7 heavy (non-hydrogen) atoms. The van der Waals surface area contributed by atoms with Crippen LogP contribution in [0.3, 0.4) is 0 Å². The van der Waals surface area contributed by atoms with Crippen LogP contribution >= 0.6 is 0 Å². The van der Waals surface area contributed by atoms with Crippen molar-refractivity contribution in [2.45, 2.75) is 6.92 Å². The molecule has 0 amide bonds. The van der Waals surface area contributed by atoms with Gasteiger partial charge in [0.15, 0.2) is 0 Å². The Balaban J connectivity index is -0.0000000417. The van der Waals surface area contributed by atoms with Crippen molar-refractivity contribution in [1.82, 2.24) is 0 Å². The van der Waals surface area contributed by atoms with E-state index in [0.717, 1.165) is 6.92 Å². The Bertz CT molecular complexity index is 77.5. The van der Waals surface area contributed by atoms with Gasteiger partial charge in [0.1, 0.15) is 0 Å². The SMILES string of the molecule is CC(=O)OC=O.[H-].[H-].[Mg+2]. The van der Waals surface area contributed by atoms with E-state index in [1.54, 1.807) is 0 Å². The summed E-state index contributed by atoms with van der Waals surface area (Å²) in [6.45, 7) is 1.26. The second-order valence-electron chi connectivity index (χ2n) is 0.706. The van der Waals surface area contributed by atoms with E-state index in [0.29, 0.717) is 0 Å². The average molecular weight is 114 g/mol. The van der Waals surface area contributed by atoms with E-state index in [1.807, 2.05) is 0 Å². The Labute approximate surface area is 60.1 Å². The maximum Gasteiger partial charge on any atom is 2.00 e. The van der Waals surface area contributed by atoms with Crippen LogP contribution in [0.1, 0.15) is 9.78 Å². The second-order valence-corrected chi connectivity index (χ2v) is 0.706. The van der Waals surface area contributed by atoms with Crippen molar-refractivity contribution in [3.63, 3.8) is 0 Å². The largest absolute Gasteiger partial charge is 2.00 e. The molecular weight excluding hydrogens is 108 g/mol. The molecule has 0 unspecified atom stereocenters. The first-order valence-corrected chi connectivity index (χ1v) is 1.38. The molecule has 0 N–H and O–H groups in total. The molecule has 0 bridgehead atoms. The van der Waals surface area contributed by atoms with Gasteiger partial charge in [-0.1, -0.05) is 0 Å². The fourth-order valence-electron chi connectivity index (χ4n) is 0.0678. The molecule has 0 aromatic heterocycles. The number of hydrogen-bond acceptors (Lipinski definition) is 3. The number of esters is 1. The van der Waals surface area contributed by atoms with Crippen LogP contribution in [-0.4, -0.2) is 35.5 Å². The van der Waals surface area contributed by atoms with E-state index in [9.17, 15) is 9.59 Å². The minimum Gasteiger partial charge on any atom is -1.00 e. The standard InChI is InChI=1S/C3H4O3.Mg.2H/c1-3(5)6-2-4;;;/h2H,1H3;;;/q;+2;2*-1. The van der Waals surface area contributed by atoms with Gasteiger partial charge < -0.3 is 7.59 Å². The third-order valence-corrected chi connectivity index (χ3v) is 0.214. The van der Waals surface area contributed by atoms with Gasteiger partial charge in [-0.25, -0.2) is 0 Å². The van der Waals surface area contributed by atoms with Gasteiger partial charge in [0.25, 0.3) is 0 Å². The second kappa shape index (κ2) is 5.91. The summed E-state index contributed by atoms with van der Waals surface area (Å²) in [5.74, 6) is -0.579. The molecule has 0 saturated heterocycles. The summed E-state index contributed by atoms with van der Waals surface area (Å²) in [6.07, 6.45) is 0. The van der Waals surface area contributed by atoms with Crippen LogP contribution in [0.15, 0.2) is 0 Å². The third-order valence-electron chi connectivity index (χ3n) is 0.214. The fourth-order valence-corrected chi connectivity index (χ4v) is 0.0678. The van der Waals surface area contributed by atoms with Gasteiger partial charge in [-0.15, -0.1) is 0 Å². The summed E-state index contributed by atoms with van der Waals surface area (Å²) < 4.78 is 3.72. The molecule has 3 nitrogen and oxygen atoms in total. The first kappa shape index (κ1) is 10.0. The summed E-state index contributed by atoms with van der Waals surface area (Å²) >= 11 is 0. The minimum absolute atomic E-state index is 0. The van der Waals surface area contributed by atoms with Gasteiger partial charge in [-0.05, 0) is 0 Å². The van der Waals surface area contributed by atoms with Crippen LogP contribution in [0.4, 0.5) is 0 Å². The summed E-state index contributed by atoms with van der Waals surface area (Å²) in [4.78, 5) is 18.8. The van der Waals surface area contributed by atoms with Gasteiger partial charge >= 0.3 is 35.5 Å². The quantitative estimate of drug-likeness (QED) is 0.201. The van der Waals surface area contributed by atoms with Crippen LogP contribution in [0.2, 0.25) is 0 Å². The molecule has 0 rings (SSSR count). The van der Waals surface area contributed by atoms with E-state index in [1.165, 1.54) is 0 Å². The van der Waals surface area contributed by atoms with Crippen LogP contribution in [0, 0.1) is 0 Å². The van der Waals surface area contributed by atoms with Crippen molar-refractivity contribution in [3.8, 4) is 0 Å². The Hall–Kier alpha value is -0.0938. The molecule has 0 fully saturated rings. The number of hydrogen-bond donors (Lipinski definition) is 0. The molecular formula is C3H6MgO3. The molecule has 0 radical (unpaired) electrons. The smallest absolute Gasteiger partial charge is 1.00 e. The minimum atomic E-state index is -0.579. The molecule has 0 aliphatic rings. The number of carbonyl (C=O) groups is 2.